The fourth-order valence-electron chi connectivity index (χ4n) is 2.32. The zero-order valence-corrected chi connectivity index (χ0v) is 17.5. The van der Waals surface area contributed by atoms with E-state index in [1.807, 2.05) is 50.5 Å². The summed E-state index contributed by atoms with van der Waals surface area (Å²) in [7, 11) is 0. The Kier molecular flexibility index (Phi) is 9.73. The minimum Gasteiger partial charge on any atom is -0.491 e. The van der Waals surface area contributed by atoms with Gasteiger partial charge in [-0.3, -0.25) is 9.79 Å². The molecule has 1 heterocycles. The van der Waals surface area contributed by atoms with Crippen molar-refractivity contribution < 1.29 is 14.3 Å². The Morgan fingerprint density at radius 2 is 1.81 bits per heavy atom. The molecule has 1 aliphatic rings. The van der Waals surface area contributed by atoms with E-state index in [0.717, 1.165) is 16.9 Å². The van der Waals surface area contributed by atoms with Gasteiger partial charge in [0.05, 0.1) is 6.61 Å². The van der Waals surface area contributed by atoms with Crippen molar-refractivity contribution in [3.63, 3.8) is 0 Å². The SMILES string of the molecule is CC.CC(=O)COCCOc1ccc(C2=CN=CC(C)(C(C)C)C=C2)cc1. The molecule has 2 rings (SSSR count). The van der Waals surface area contributed by atoms with Gasteiger partial charge in [-0.25, -0.2) is 0 Å². The number of allylic oxidation sites excluding steroid dienone is 3. The smallest absolute Gasteiger partial charge is 0.155 e. The molecule has 1 aromatic rings. The molecule has 0 radical (unpaired) electrons. The first-order valence-electron chi connectivity index (χ1n) is 9.65. The topological polar surface area (TPSA) is 47.9 Å². The number of hydrogen-bond donors (Lipinski definition) is 0. The van der Waals surface area contributed by atoms with Crippen LogP contribution in [-0.2, 0) is 9.53 Å². The zero-order chi connectivity index (χ0) is 20.3. The minimum atomic E-state index is -0.0266. The molecule has 0 saturated heterocycles. The van der Waals surface area contributed by atoms with E-state index >= 15 is 0 Å². The molecule has 27 heavy (non-hydrogen) atoms. The van der Waals surface area contributed by atoms with E-state index in [1.54, 1.807) is 0 Å². The number of benzene rings is 1. The van der Waals surface area contributed by atoms with Gasteiger partial charge in [-0.1, -0.05) is 58.9 Å². The van der Waals surface area contributed by atoms with Gasteiger partial charge < -0.3 is 9.47 Å². The lowest BCUT2D eigenvalue weighted by Crippen LogP contribution is -2.21. The lowest BCUT2D eigenvalue weighted by molar-refractivity contribution is -0.121. The average Bonchev–Trinajstić information content (AvgIpc) is 2.86. The predicted molar refractivity (Wildman–Crippen MR) is 113 cm³/mol. The Labute approximate surface area is 164 Å². The van der Waals surface area contributed by atoms with Gasteiger partial charge in [0.2, 0.25) is 0 Å². The molecule has 148 valence electrons. The first kappa shape index (κ1) is 22.8. The Morgan fingerprint density at radius 3 is 2.41 bits per heavy atom. The van der Waals surface area contributed by atoms with Crippen LogP contribution < -0.4 is 4.74 Å². The van der Waals surface area contributed by atoms with Crippen molar-refractivity contribution in [3.8, 4) is 5.75 Å². The van der Waals surface area contributed by atoms with Crippen molar-refractivity contribution in [1.29, 1.82) is 0 Å². The van der Waals surface area contributed by atoms with Crippen molar-refractivity contribution in [3.05, 3.63) is 48.2 Å². The number of hydrogen-bond acceptors (Lipinski definition) is 4. The molecule has 0 N–H and O–H groups in total. The van der Waals surface area contributed by atoms with Crippen LogP contribution in [0, 0.1) is 11.3 Å². The van der Waals surface area contributed by atoms with Gasteiger partial charge in [-0.05, 0) is 36.1 Å². The van der Waals surface area contributed by atoms with Gasteiger partial charge in [-0.15, -0.1) is 0 Å². The molecule has 1 unspecified atom stereocenters. The number of rotatable bonds is 8. The van der Waals surface area contributed by atoms with E-state index in [-0.39, 0.29) is 17.8 Å². The summed E-state index contributed by atoms with van der Waals surface area (Å²) in [6.45, 7) is 13.1. The summed E-state index contributed by atoms with van der Waals surface area (Å²) < 4.78 is 10.8. The van der Waals surface area contributed by atoms with Crippen LogP contribution in [0.1, 0.15) is 47.1 Å². The number of ether oxygens (including phenoxy) is 2. The van der Waals surface area contributed by atoms with Crippen LogP contribution in [0.15, 0.2) is 47.6 Å². The lowest BCUT2D eigenvalue weighted by Gasteiger charge is -2.24. The molecule has 0 aliphatic carbocycles. The second-order valence-electron chi connectivity index (χ2n) is 6.84. The van der Waals surface area contributed by atoms with E-state index in [0.29, 0.717) is 19.1 Å². The van der Waals surface area contributed by atoms with E-state index in [2.05, 4.69) is 37.9 Å². The van der Waals surface area contributed by atoms with Crippen molar-refractivity contribution in [2.45, 2.75) is 41.5 Å². The zero-order valence-electron chi connectivity index (χ0n) is 17.5. The summed E-state index contributed by atoms with van der Waals surface area (Å²) in [6, 6.07) is 7.92. The third kappa shape index (κ3) is 7.51. The fraction of sp³-hybridized carbons (Fsp3) is 0.478. The van der Waals surface area contributed by atoms with Crippen LogP contribution in [0.4, 0.5) is 0 Å². The molecule has 0 fully saturated rings. The highest BCUT2D eigenvalue weighted by Gasteiger charge is 2.23. The highest BCUT2D eigenvalue weighted by atomic mass is 16.5. The normalized spacial score (nSPS) is 18.4. The number of carbonyl (C=O) groups excluding carboxylic acids is 1. The number of ketones is 1. The van der Waals surface area contributed by atoms with Crippen LogP contribution >= 0.6 is 0 Å². The number of nitrogens with zero attached hydrogens (tertiary/aromatic N) is 1. The molecular weight excluding hydrogens is 338 g/mol. The fourth-order valence-corrected chi connectivity index (χ4v) is 2.32. The van der Waals surface area contributed by atoms with Crippen LogP contribution in [0.5, 0.6) is 5.75 Å². The third-order valence-corrected chi connectivity index (χ3v) is 4.42. The third-order valence-electron chi connectivity index (χ3n) is 4.42. The highest BCUT2D eigenvalue weighted by molar-refractivity contribution is 5.80. The highest BCUT2D eigenvalue weighted by Crippen LogP contribution is 2.31. The van der Waals surface area contributed by atoms with Gasteiger partial charge in [0.25, 0.3) is 0 Å². The van der Waals surface area contributed by atoms with Crippen LogP contribution in [-0.4, -0.2) is 31.8 Å². The van der Waals surface area contributed by atoms with Gasteiger partial charge >= 0.3 is 0 Å². The van der Waals surface area contributed by atoms with Crippen LogP contribution in [0.25, 0.3) is 5.57 Å². The first-order valence-corrected chi connectivity index (χ1v) is 9.65. The predicted octanol–water partition coefficient (Wildman–Crippen LogP) is 5.34. The molecule has 0 saturated carbocycles. The first-order chi connectivity index (χ1) is 12.9. The summed E-state index contributed by atoms with van der Waals surface area (Å²) in [6.07, 6.45) is 8.27. The molecule has 1 atom stereocenters. The Hall–Kier alpha value is -2.20. The van der Waals surface area contributed by atoms with E-state index in [9.17, 15) is 4.79 Å². The van der Waals surface area contributed by atoms with Crippen molar-refractivity contribution in [2.75, 3.05) is 19.8 Å². The monoisotopic (exact) mass is 371 g/mol. The van der Waals surface area contributed by atoms with Crippen molar-refractivity contribution >= 4 is 17.6 Å². The number of aliphatic imine (C=N–C) groups is 1. The number of Topliss-reactive ketones (excluding diaryl/α,β-unsaturated/α-hetero) is 1. The second-order valence-corrected chi connectivity index (χ2v) is 6.84. The summed E-state index contributed by atoms with van der Waals surface area (Å²) in [4.78, 5) is 15.3. The van der Waals surface area contributed by atoms with Crippen molar-refractivity contribution in [1.82, 2.24) is 0 Å². The maximum absolute atomic E-state index is 10.8. The Balaban J connectivity index is 0.00000176. The lowest BCUT2D eigenvalue weighted by atomic mass is 9.80. The van der Waals surface area contributed by atoms with E-state index in [4.69, 9.17) is 9.47 Å². The minimum absolute atomic E-state index is 0.0188. The quantitative estimate of drug-likeness (QED) is 0.579. The summed E-state index contributed by atoms with van der Waals surface area (Å²) in [5.41, 5.74) is 2.15. The molecule has 0 amide bonds. The van der Waals surface area contributed by atoms with E-state index in [1.165, 1.54) is 6.92 Å². The number of carbonyl (C=O) groups is 1. The molecular formula is C23H33NO3. The van der Waals surface area contributed by atoms with Gasteiger partial charge in [-0.2, -0.15) is 0 Å². The van der Waals surface area contributed by atoms with E-state index < -0.39 is 0 Å². The maximum atomic E-state index is 10.8. The molecule has 0 aromatic heterocycles. The molecule has 0 spiro atoms. The average molecular weight is 372 g/mol. The van der Waals surface area contributed by atoms with Gasteiger partial charge in [0, 0.05) is 17.8 Å². The van der Waals surface area contributed by atoms with Crippen molar-refractivity contribution in [2.24, 2.45) is 16.3 Å². The standard InChI is InChI=1S/C21H27NO3.C2H6/c1-16(2)21(4)10-9-19(13-22-15-21)18-5-7-20(8-6-18)25-12-11-24-14-17(3)23;1-2/h5-10,13,15-16H,11-12,14H2,1-4H3;1-2H3. The largest absolute Gasteiger partial charge is 0.491 e. The molecule has 4 nitrogen and oxygen atoms in total. The molecule has 1 aliphatic heterocycles. The molecule has 4 heteroatoms. The van der Waals surface area contributed by atoms with Gasteiger partial charge in [0.1, 0.15) is 19.0 Å². The maximum Gasteiger partial charge on any atom is 0.155 e. The molecule has 0 bridgehead atoms. The summed E-state index contributed by atoms with van der Waals surface area (Å²) >= 11 is 0. The Bertz CT molecular complexity index is 671. The van der Waals surface area contributed by atoms with Gasteiger partial charge in [0.15, 0.2) is 5.78 Å². The summed E-state index contributed by atoms with van der Waals surface area (Å²) in [5.74, 6) is 1.29. The summed E-state index contributed by atoms with van der Waals surface area (Å²) in [5, 5.41) is 0. The second kappa shape index (κ2) is 11.5. The molecule has 1 aromatic carbocycles. The van der Waals surface area contributed by atoms with Crippen LogP contribution in [0.3, 0.4) is 0 Å². The Morgan fingerprint density at radius 1 is 1.15 bits per heavy atom. The van der Waals surface area contributed by atoms with Crippen LogP contribution in [0.2, 0.25) is 0 Å².